The second kappa shape index (κ2) is 6.61. The maximum atomic E-state index is 11.9. The highest BCUT2D eigenvalue weighted by atomic mass is 16.4. The maximum absolute atomic E-state index is 11.9. The first-order chi connectivity index (χ1) is 10.4. The first-order valence-corrected chi connectivity index (χ1v) is 7.46. The minimum absolute atomic E-state index is 0.0947. The number of hydrogen-bond donors (Lipinski definition) is 1. The smallest absolute Gasteiger partial charge is 0.332 e. The molecule has 2 aromatic carbocycles. The van der Waals surface area contributed by atoms with Gasteiger partial charge in [0.2, 0.25) is 0 Å². The van der Waals surface area contributed by atoms with Gasteiger partial charge in [-0.15, -0.1) is 0 Å². The van der Waals surface area contributed by atoms with E-state index in [9.17, 15) is 9.90 Å². The third kappa shape index (κ3) is 4.08. The molecular weight excluding hydrogens is 272 g/mol. The summed E-state index contributed by atoms with van der Waals surface area (Å²) in [5.74, 6) is -0.849. The average Bonchev–Trinajstić information content (AvgIpc) is 2.47. The van der Waals surface area contributed by atoms with Crippen LogP contribution in [0.3, 0.4) is 0 Å². The summed E-state index contributed by atoms with van der Waals surface area (Å²) in [4.78, 5) is 11.9. The SMILES string of the molecule is CC(C)(C)CC(C(=O)O)=C(c1ccccc1)c1ccccc1. The Labute approximate surface area is 132 Å². The lowest BCUT2D eigenvalue weighted by molar-refractivity contribution is -0.133. The number of carbonyl (C=O) groups is 1. The zero-order valence-corrected chi connectivity index (χ0v) is 13.3. The Bertz CT molecular complexity index is 620. The molecule has 0 unspecified atom stereocenters. The highest BCUT2D eigenvalue weighted by Crippen LogP contribution is 2.33. The zero-order valence-electron chi connectivity index (χ0n) is 13.3. The zero-order chi connectivity index (χ0) is 16.2. The van der Waals surface area contributed by atoms with Gasteiger partial charge in [-0.05, 0) is 28.5 Å². The third-order valence-corrected chi connectivity index (χ3v) is 3.39. The predicted molar refractivity (Wildman–Crippen MR) is 90.6 cm³/mol. The molecule has 0 aliphatic carbocycles. The quantitative estimate of drug-likeness (QED) is 0.805. The molecule has 114 valence electrons. The molecule has 0 amide bonds. The average molecular weight is 294 g/mol. The molecule has 0 atom stereocenters. The van der Waals surface area contributed by atoms with E-state index in [4.69, 9.17) is 0 Å². The fourth-order valence-corrected chi connectivity index (χ4v) is 2.53. The van der Waals surface area contributed by atoms with Gasteiger partial charge in [0, 0.05) is 5.57 Å². The van der Waals surface area contributed by atoms with Crippen LogP contribution in [0.4, 0.5) is 0 Å². The number of benzene rings is 2. The molecular formula is C20H22O2. The van der Waals surface area contributed by atoms with Crippen LogP contribution in [0.25, 0.3) is 5.57 Å². The van der Waals surface area contributed by atoms with Gasteiger partial charge in [-0.25, -0.2) is 4.79 Å². The number of carboxylic acid groups (broad SMARTS) is 1. The number of hydrogen-bond acceptors (Lipinski definition) is 1. The summed E-state index contributed by atoms with van der Waals surface area (Å²) in [5, 5.41) is 9.77. The minimum Gasteiger partial charge on any atom is -0.478 e. The Morgan fingerprint density at radius 1 is 0.864 bits per heavy atom. The fraction of sp³-hybridized carbons (Fsp3) is 0.250. The van der Waals surface area contributed by atoms with Crippen LogP contribution in [0, 0.1) is 5.41 Å². The van der Waals surface area contributed by atoms with Crippen molar-refractivity contribution in [1.29, 1.82) is 0 Å². The Morgan fingerprint density at radius 2 is 1.27 bits per heavy atom. The van der Waals surface area contributed by atoms with Gasteiger partial charge in [0.1, 0.15) is 0 Å². The molecule has 0 fully saturated rings. The molecule has 0 bridgehead atoms. The van der Waals surface area contributed by atoms with Crippen molar-refractivity contribution in [1.82, 2.24) is 0 Å². The molecule has 1 N–H and O–H groups in total. The van der Waals surface area contributed by atoms with E-state index in [2.05, 4.69) is 20.8 Å². The van der Waals surface area contributed by atoms with Crippen LogP contribution in [0.2, 0.25) is 0 Å². The lowest BCUT2D eigenvalue weighted by Gasteiger charge is -2.21. The molecule has 22 heavy (non-hydrogen) atoms. The van der Waals surface area contributed by atoms with Gasteiger partial charge >= 0.3 is 5.97 Å². The molecule has 0 aliphatic heterocycles. The van der Waals surface area contributed by atoms with Crippen LogP contribution in [0.1, 0.15) is 38.3 Å². The van der Waals surface area contributed by atoms with Crippen LogP contribution in [-0.4, -0.2) is 11.1 Å². The highest BCUT2D eigenvalue weighted by Gasteiger charge is 2.23. The van der Waals surface area contributed by atoms with E-state index in [1.165, 1.54) is 0 Å². The largest absolute Gasteiger partial charge is 0.478 e. The Morgan fingerprint density at radius 3 is 1.59 bits per heavy atom. The van der Waals surface area contributed by atoms with E-state index in [0.717, 1.165) is 16.7 Å². The molecule has 0 saturated carbocycles. The maximum Gasteiger partial charge on any atom is 0.332 e. The fourth-order valence-electron chi connectivity index (χ4n) is 2.53. The van der Waals surface area contributed by atoms with Crippen molar-refractivity contribution in [3.63, 3.8) is 0 Å². The number of rotatable bonds is 4. The molecule has 0 radical (unpaired) electrons. The van der Waals surface area contributed by atoms with Crippen LogP contribution < -0.4 is 0 Å². The van der Waals surface area contributed by atoms with E-state index >= 15 is 0 Å². The summed E-state index contributed by atoms with van der Waals surface area (Å²) in [6.07, 6.45) is 0.515. The van der Waals surface area contributed by atoms with Gasteiger partial charge in [0.25, 0.3) is 0 Å². The predicted octanol–water partition coefficient (Wildman–Crippen LogP) is 5.01. The molecule has 2 rings (SSSR count). The molecule has 2 nitrogen and oxygen atoms in total. The van der Waals surface area contributed by atoms with Crippen LogP contribution in [-0.2, 0) is 4.79 Å². The van der Waals surface area contributed by atoms with Crippen molar-refractivity contribution >= 4 is 11.5 Å². The Hall–Kier alpha value is -2.35. The lowest BCUT2D eigenvalue weighted by Crippen LogP contribution is -2.14. The van der Waals surface area contributed by atoms with Crippen molar-refractivity contribution in [3.05, 3.63) is 77.4 Å². The van der Waals surface area contributed by atoms with Gasteiger partial charge in [0.05, 0.1) is 0 Å². The number of aliphatic carboxylic acids is 1. The summed E-state index contributed by atoms with van der Waals surface area (Å²) < 4.78 is 0. The van der Waals surface area contributed by atoms with Gasteiger partial charge < -0.3 is 5.11 Å². The molecule has 0 spiro atoms. The lowest BCUT2D eigenvalue weighted by atomic mass is 9.83. The van der Waals surface area contributed by atoms with E-state index in [-0.39, 0.29) is 5.41 Å². The minimum atomic E-state index is -0.849. The van der Waals surface area contributed by atoms with Gasteiger partial charge in [-0.1, -0.05) is 81.4 Å². The second-order valence-electron chi connectivity index (χ2n) is 6.63. The summed E-state index contributed by atoms with van der Waals surface area (Å²) in [5.41, 5.74) is 3.06. The summed E-state index contributed by atoms with van der Waals surface area (Å²) in [6.45, 7) is 6.18. The van der Waals surface area contributed by atoms with Gasteiger partial charge in [-0.2, -0.15) is 0 Å². The van der Waals surface area contributed by atoms with Gasteiger partial charge in [0.15, 0.2) is 0 Å². The van der Waals surface area contributed by atoms with E-state index in [1.54, 1.807) is 0 Å². The summed E-state index contributed by atoms with van der Waals surface area (Å²) in [6, 6.07) is 19.5. The standard InChI is InChI=1S/C20H22O2/c1-20(2,3)14-17(19(21)22)18(15-10-6-4-7-11-15)16-12-8-5-9-13-16/h4-13H,14H2,1-3H3,(H,21,22). The van der Waals surface area contributed by atoms with Crippen molar-refractivity contribution in [2.24, 2.45) is 5.41 Å². The summed E-state index contributed by atoms with van der Waals surface area (Å²) in [7, 11) is 0. The van der Waals surface area contributed by atoms with E-state index in [0.29, 0.717) is 12.0 Å². The van der Waals surface area contributed by atoms with Crippen LogP contribution in [0.15, 0.2) is 66.2 Å². The highest BCUT2D eigenvalue weighted by molar-refractivity contribution is 6.00. The Kier molecular flexibility index (Phi) is 4.81. The first-order valence-electron chi connectivity index (χ1n) is 7.46. The second-order valence-corrected chi connectivity index (χ2v) is 6.63. The van der Waals surface area contributed by atoms with E-state index in [1.807, 2.05) is 60.7 Å². The number of carboxylic acids is 1. The molecule has 0 aromatic heterocycles. The third-order valence-electron chi connectivity index (χ3n) is 3.39. The van der Waals surface area contributed by atoms with Gasteiger partial charge in [-0.3, -0.25) is 0 Å². The van der Waals surface area contributed by atoms with Crippen molar-refractivity contribution in [3.8, 4) is 0 Å². The van der Waals surface area contributed by atoms with Crippen molar-refractivity contribution in [2.75, 3.05) is 0 Å². The first kappa shape index (κ1) is 16.0. The van der Waals surface area contributed by atoms with Crippen molar-refractivity contribution in [2.45, 2.75) is 27.2 Å². The Balaban J connectivity index is 2.70. The van der Waals surface area contributed by atoms with Crippen molar-refractivity contribution < 1.29 is 9.90 Å². The summed E-state index contributed by atoms with van der Waals surface area (Å²) >= 11 is 0. The molecule has 2 heteroatoms. The molecule has 0 saturated heterocycles. The molecule has 2 aromatic rings. The topological polar surface area (TPSA) is 37.3 Å². The van der Waals surface area contributed by atoms with Crippen LogP contribution in [0.5, 0.6) is 0 Å². The molecule has 0 heterocycles. The van der Waals surface area contributed by atoms with Crippen LogP contribution >= 0.6 is 0 Å². The van der Waals surface area contributed by atoms with E-state index < -0.39 is 5.97 Å². The normalized spacial score (nSPS) is 11.0. The monoisotopic (exact) mass is 294 g/mol. The molecule has 0 aliphatic rings.